The van der Waals surface area contributed by atoms with Crippen LogP contribution in [0.4, 0.5) is 23.5 Å². The van der Waals surface area contributed by atoms with Crippen LogP contribution in [-0.4, -0.2) is 66.3 Å². The van der Waals surface area contributed by atoms with Crippen molar-refractivity contribution in [3.63, 3.8) is 0 Å². The first kappa shape index (κ1) is 23.8. The summed E-state index contributed by atoms with van der Waals surface area (Å²) >= 11 is 0. The zero-order valence-corrected chi connectivity index (χ0v) is 19.3. The first-order valence-electron chi connectivity index (χ1n) is 11.3. The van der Waals surface area contributed by atoms with Gasteiger partial charge < -0.3 is 42.5 Å². The summed E-state index contributed by atoms with van der Waals surface area (Å²) in [6.07, 6.45) is 0.744. The van der Waals surface area contributed by atoms with Gasteiger partial charge in [0.2, 0.25) is 17.8 Å². The van der Waals surface area contributed by atoms with E-state index in [1.54, 1.807) is 6.07 Å². The first-order chi connectivity index (χ1) is 16.4. The van der Waals surface area contributed by atoms with E-state index in [-0.39, 0.29) is 12.1 Å². The molecule has 1 saturated heterocycles. The lowest BCUT2D eigenvalue weighted by molar-refractivity contribution is 0.447. The molecule has 1 aliphatic rings. The molecule has 0 aliphatic carbocycles. The minimum Gasteiger partial charge on any atom is -0.423 e. The molecular formula is C22H32N10O2. The summed E-state index contributed by atoms with van der Waals surface area (Å²) in [5.74, 6) is 1.26. The van der Waals surface area contributed by atoms with Gasteiger partial charge >= 0.3 is 5.63 Å². The van der Waals surface area contributed by atoms with Gasteiger partial charge in [-0.25, -0.2) is 4.79 Å². The van der Waals surface area contributed by atoms with Gasteiger partial charge in [0.1, 0.15) is 5.58 Å². The molecule has 3 heterocycles. The Morgan fingerprint density at radius 2 is 1.79 bits per heavy atom. The van der Waals surface area contributed by atoms with Crippen LogP contribution in [0.2, 0.25) is 0 Å². The largest absolute Gasteiger partial charge is 0.423 e. The molecule has 4 rings (SSSR count). The van der Waals surface area contributed by atoms with Crippen LogP contribution in [0.3, 0.4) is 0 Å². The van der Waals surface area contributed by atoms with Crippen LogP contribution in [0.15, 0.2) is 33.5 Å². The fraction of sp³-hybridized carbons (Fsp3) is 0.455. The number of nitrogens with one attached hydrogen (secondary N) is 1. The Kier molecular flexibility index (Phi) is 7.22. The Morgan fingerprint density at radius 3 is 2.47 bits per heavy atom. The summed E-state index contributed by atoms with van der Waals surface area (Å²) in [4.78, 5) is 29.6. The van der Waals surface area contributed by atoms with Crippen LogP contribution in [0.5, 0.6) is 0 Å². The van der Waals surface area contributed by atoms with Gasteiger partial charge in [-0.2, -0.15) is 15.0 Å². The first-order valence-corrected chi connectivity index (χ1v) is 11.3. The van der Waals surface area contributed by atoms with Crippen LogP contribution >= 0.6 is 0 Å². The fourth-order valence-electron chi connectivity index (χ4n) is 4.19. The molecule has 0 saturated carbocycles. The molecule has 1 aliphatic heterocycles. The van der Waals surface area contributed by atoms with E-state index in [9.17, 15) is 4.79 Å². The van der Waals surface area contributed by atoms with E-state index in [0.29, 0.717) is 68.4 Å². The quantitative estimate of drug-likeness (QED) is 0.270. The van der Waals surface area contributed by atoms with Gasteiger partial charge in [-0.1, -0.05) is 0 Å². The molecule has 0 amide bonds. The monoisotopic (exact) mass is 468 g/mol. The molecule has 2 aromatic heterocycles. The molecule has 9 N–H and O–H groups in total. The number of aryl methyl sites for hydroxylation is 1. The molecule has 34 heavy (non-hydrogen) atoms. The zero-order chi connectivity index (χ0) is 24.2. The van der Waals surface area contributed by atoms with E-state index in [2.05, 4.69) is 20.3 Å². The number of hydrogen-bond acceptors (Lipinski definition) is 12. The smallest absolute Gasteiger partial charge is 0.336 e. The van der Waals surface area contributed by atoms with Gasteiger partial charge in [0.05, 0.1) is 0 Å². The molecule has 2 atom stereocenters. The average molecular weight is 469 g/mol. The van der Waals surface area contributed by atoms with Crippen molar-refractivity contribution in [1.82, 2.24) is 15.0 Å². The summed E-state index contributed by atoms with van der Waals surface area (Å²) in [6, 6.07) is 6.83. The van der Waals surface area contributed by atoms with Crippen molar-refractivity contribution in [2.45, 2.75) is 25.4 Å². The second kappa shape index (κ2) is 10.3. The van der Waals surface area contributed by atoms with Gasteiger partial charge in [-0.15, -0.1) is 0 Å². The van der Waals surface area contributed by atoms with Crippen molar-refractivity contribution in [2.24, 2.45) is 22.9 Å². The van der Waals surface area contributed by atoms with Crippen molar-refractivity contribution in [3.05, 3.63) is 40.2 Å². The van der Waals surface area contributed by atoms with E-state index in [0.717, 1.165) is 17.4 Å². The number of hydrogen-bond donors (Lipinski definition) is 5. The Hall–Kier alpha value is -3.32. The summed E-state index contributed by atoms with van der Waals surface area (Å²) < 4.78 is 5.37. The maximum absolute atomic E-state index is 11.8. The van der Waals surface area contributed by atoms with Crippen molar-refractivity contribution in [2.75, 3.05) is 54.4 Å². The van der Waals surface area contributed by atoms with Crippen molar-refractivity contribution < 1.29 is 4.42 Å². The second-order valence-corrected chi connectivity index (χ2v) is 8.57. The number of piperidine rings is 1. The molecule has 0 spiro atoms. The number of rotatable bonds is 8. The van der Waals surface area contributed by atoms with Gasteiger partial charge in [-0.3, -0.25) is 0 Å². The average Bonchev–Trinajstić information content (AvgIpc) is 2.77. The summed E-state index contributed by atoms with van der Waals surface area (Å²) in [5.41, 5.74) is 25.6. The standard InChI is InChI=1S/C22H32N10O2/c1-13-8-19(33)34-18-10-16(2-3-17(13)18)27-20-28-21(31(6-4-23)7-5-24)30-22(29-20)32-11-14(25)9-15(26)12-32/h2-3,8,10,14-15H,4-7,9,11-12,23-26H2,1H3,(H,27,28,29,30)/t14-,15+. The maximum atomic E-state index is 11.8. The third-order valence-electron chi connectivity index (χ3n) is 5.70. The molecule has 0 unspecified atom stereocenters. The molecule has 3 aromatic rings. The van der Waals surface area contributed by atoms with Crippen molar-refractivity contribution >= 4 is 34.5 Å². The van der Waals surface area contributed by atoms with Crippen LogP contribution in [0, 0.1) is 6.92 Å². The SMILES string of the molecule is Cc1cc(=O)oc2cc(Nc3nc(N(CCN)CCN)nc(N4C[C@H](N)C[C@H](N)C4)n3)ccc12. The molecule has 182 valence electrons. The van der Waals surface area contributed by atoms with Gasteiger partial charge in [-0.05, 0) is 31.0 Å². The topological polar surface area (TPSA) is 191 Å². The fourth-order valence-corrected chi connectivity index (χ4v) is 4.19. The van der Waals surface area contributed by atoms with Gasteiger partial charge in [0, 0.05) is 74.6 Å². The number of nitrogens with zero attached hydrogens (tertiary/aromatic N) is 5. The number of benzene rings is 1. The third kappa shape index (κ3) is 5.42. The lowest BCUT2D eigenvalue weighted by Gasteiger charge is -2.35. The molecule has 1 fully saturated rings. The van der Waals surface area contributed by atoms with Gasteiger partial charge in [0.15, 0.2) is 0 Å². The highest BCUT2D eigenvalue weighted by molar-refractivity contribution is 5.83. The molecule has 0 radical (unpaired) electrons. The zero-order valence-electron chi connectivity index (χ0n) is 19.3. The van der Waals surface area contributed by atoms with Gasteiger partial charge in [0.25, 0.3) is 0 Å². The Morgan fingerprint density at radius 1 is 1.09 bits per heavy atom. The lowest BCUT2D eigenvalue weighted by atomic mass is 10.0. The van der Waals surface area contributed by atoms with E-state index < -0.39 is 5.63 Å². The Labute approximate surface area is 197 Å². The van der Waals surface area contributed by atoms with E-state index in [1.165, 1.54) is 6.07 Å². The predicted octanol–water partition coefficient (Wildman–Crippen LogP) is -0.381. The van der Waals surface area contributed by atoms with Crippen LogP contribution in [0.25, 0.3) is 11.0 Å². The summed E-state index contributed by atoms with van der Waals surface area (Å²) in [7, 11) is 0. The minimum atomic E-state index is -0.399. The van der Waals surface area contributed by atoms with E-state index in [4.69, 9.17) is 27.4 Å². The summed E-state index contributed by atoms with van der Waals surface area (Å²) in [6.45, 7) is 4.97. The third-order valence-corrected chi connectivity index (χ3v) is 5.70. The highest BCUT2D eigenvalue weighted by Crippen LogP contribution is 2.25. The molecule has 1 aromatic carbocycles. The molecule has 0 bridgehead atoms. The van der Waals surface area contributed by atoms with Crippen LogP contribution in [0.1, 0.15) is 12.0 Å². The normalized spacial score (nSPS) is 18.3. The molecular weight excluding hydrogens is 436 g/mol. The van der Waals surface area contributed by atoms with Crippen LogP contribution < -0.4 is 43.7 Å². The highest BCUT2D eigenvalue weighted by atomic mass is 16.4. The van der Waals surface area contributed by atoms with Crippen LogP contribution in [-0.2, 0) is 0 Å². The Bertz CT molecular complexity index is 1180. The van der Waals surface area contributed by atoms with E-state index in [1.807, 2.05) is 28.9 Å². The number of fused-ring (bicyclic) bond motifs is 1. The Balaban J connectivity index is 1.72. The second-order valence-electron chi connectivity index (χ2n) is 8.57. The molecule has 12 nitrogen and oxygen atoms in total. The molecule has 12 heteroatoms. The van der Waals surface area contributed by atoms with Crippen molar-refractivity contribution in [3.8, 4) is 0 Å². The highest BCUT2D eigenvalue weighted by Gasteiger charge is 2.26. The lowest BCUT2D eigenvalue weighted by Crippen LogP contribution is -2.53. The number of anilines is 4. The van der Waals surface area contributed by atoms with Crippen molar-refractivity contribution in [1.29, 1.82) is 0 Å². The van der Waals surface area contributed by atoms with E-state index >= 15 is 0 Å². The predicted molar refractivity (Wildman–Crippen MR) is 133 cm³/mol. The minimum absolute atomic E-state index is 0.0730. The maximum Gasteiger partial charge on any atom is 0.336 e. The summed E-state index contributed by atoms with van der Waals surface area (Å²) in [5, 5.41) is 4.07. The number of aromatic nitrogens is 3. The number of nitrogens with two attached hydrogens (primary N) is 4.